The number of aliphatic hydroxyl groups is 1. The predicted octanol–water partition coefficient (Wildman–Crippen LogP) is 4.15. The van der Waals surface area contributed by atoms with Crippen LogP contribution in [0.15, 0.2) is 24.3 Å². The monoisotopic (exact) mass is 416 g/mol. The maximum atomic E-state index is 10.4. The van der Waals surface area contributed by atoms with Crippen LogP contribution in [0.3, 0.4) is 0 Å². The topological polar surface area (TPSA) is 94.5 Å². The van der Waals surface area contributed by atoms with Crippen molar-refractivity contribution in [1.29, 1.82) is 0 Å². The molecule has 0 spiro atoms. The van der Waals surface area contributed by atoms with Crippen LogP contribution in [0.5, 0.6) is 11.5 Å². The smallest absolute Gasteiger partial charge is 0.490 e. The second kappa shape index (κ2) is 9.36. The van der Waals surface area contributed by atoms with Crippen molar-refractivity contribution < 1.29 is 34.0 Å². The molecule has 0 radical (unpaired) electrons. The molecule has 0 bridgehead atoms. The van der Waals surface area contributed by atoms with Crippen LogP contribution < -0.4 is 9.47 Å². The van der Waals surface area contributed by atoms with Crippen LogP contribution in [0.4, 0.5) is 4.79 Å². The largest absolute Gasteiger partial charge is 0.505 e. The summed E-state index contributed by atoms with van der Waals surface area (Å²) in [6.07, 6.45) is -1.69. The van der Waals surface area contributed by atoms with Gasteiger partial charge >= 0.3 is 6.16 Å². The number of aryl methyl sites for hydroxylation is 4. The molecule has 0 aromatic heterocycles. The van der Waals surface area contributed by atoms with E-state index in [1.807, 2.05) is 39.8 Å². The number of hydrogen-bond acceptors (Lipinski definition) is 6. The Morgan fingerprint density at radius 2 is 1.50 bits per heavy atom. The SMILES string of the molecule is Cc1cc(-c2cc(C)c(OC3CCO3)c(C)c2)cc(C)c1OCC(O)COC(=O)O. The van der Waals surface area contributed by atoms with Crippen LogP contribution in [0.25, 0.3) is 11.1 Å². The highest BCUT2D eigenvalue weighted by atomic mass is 16.7. The first-order valence-electron chi connectivity index (χ1n) is 9.92. The van der Waals surface area contributed by atoms with E-state index < -0.39 is 12.3 Å². The number of carbonyl (C=O) groups is 1. The van der Waals surface area contributed by atoms with E-state index in [1.165, 1.54) is 0 Å². The Morgan fingerprint density at radius 3 is 1.93 bits per heavy atom. The summed E-state index contributed by atoms with van der Waals surface area (Å²) in [7, 11) is 0. The fraction of sp³-hybridized carbons (Fsp3) is 0.435. The highest BCUT2D eigenvalue weighted by Gasteiger charge is 2.22. The quantitative estimate of drug-likeness (QED) is 0.624. The molecule has 1 fully saturated rings. The molecule has 2 N–H and O–H groups in total. The van der Waals surface area contributed by atoms with Crippen LogP contribution >= 0.6 is 0 Å². The maximum absolute atomic E-state index is 10.4. The highest BCUT2D eigenvalue weighted by molar-refractivity contribution is 5.70. The summed E-state index contributed by atoms with van der Waals surface area (Å²) < 4.78 is 21.4. The van der Waals surface area contributed by atoms with Crippen molar-refractivity contribution in [2.24, 2.45) is 0 Å². The van der Waals surface area contributed by atoms with Gasteiger partial charge in [-0.15, -0.1) is 0 Å². The molecule has 7 heteroatoms. The van der Waals surface area contributed by atoms with E-state index in [1.54, 1.807) is 0 Å². The Labute approximate surface area is 176 Å². The molecule has 1 aliphatic rings. The number of aliphatic hydroxyl groups excluding tert-OH is 1. The third-order valence-electron chi connectivity index (χ3n) is 4.98. The molecular weight excluding hydrogens is 388 g/mol. The van der Waals surface area contributed by atoms with Gasteiger partial charge in [0.1, 0.15) is 30.8 Å². The van der Waals surface area contributed by atoms with E-state index in [4.69, 9.17) is 19.3 Å². The molecule has 7 nitrogen and oxygen atoms in total. The minimum atomic E-state index is -1.42. The van der Waals surface area contributed by atoms with Gasteiger partial charge in [0.25, 0.3) is 0 Å². The third kappa shape index (κ3) is 5.23. The van der Waals surface area contributed by atoms with Gasteiger partial charge in [0.05, 0.1) is 6.61 Å². The lowest BCUT2D eigenvalue weighted by atomic mass is 9.96. The van der Waals surface area contributed by atoms with Gasteiger partial charge in [0.15, 0.2) is 0 Å². The summed E-state index contributed by atoms with van der Waals surface area (Å²) in [5, 5.41) is 18.3. The predicted molar refractivity (Wildman–Crippen MR) is 111 cm³/mol. The average molecular weight is 416 g/mol. The molecule has 1 aliphatic heterocycles. The molecular formula is C23H28O7. The van der Waals surface area contributed by atoms with Crippen LogP contribution in [0.1, 0.15) is 28.7 Å². The van der Waals surface area contributed by atoms with Gasteiger partial charge in [0, 0.05) is 6.42 Å². The summed E-state index contributed by atoms with van der Waals surface area (Å²) >= 11 is 0. The maximum Gasteiger partial charge on any atom is 0.505 e. The molecule has 2 atom stereocenters. The summed E-state index contributed by atoms with van der Waals surface area (Å²) in [4.78, 5) is 10.4. The first kappa shape index (κ1) is 21.9. The molecule has 0 amide bonds. The van der Waals surface area contributed by atoms with Crippen molar-refractivity contribution >= 4 is 6.16 Å². The number of carboxylic acid groups (broad SMARTS) is 1. The van der Waals surface area contributed by atoms with Crippen LogP contribution in [-0.4, -0.2) is 48.6 Å². The molecule has 0 saturated carbocycles. The Balaban J connectivity index is 1.75. The van der Waals surface area contributed by atoms with Crippen molar-refractivity contribution in [2.75, 3.05) is 19.8 Å². The first-order valence-corrected chi connectivity index (χ1v) is 9.92. The molecule has 1 heterocycles. The second-order valence-corrected chi connectivity index (χ2v) is 7.63. The van der Waals surface area contributed by atoms with E-state index in [2.05, 4.69) is 16.9 Å². The fourth-order valence-corrected chi connectivity index (χ4v) is 3.48. The summed E-state index contributed by atoms with van der Waals surface area (Å²) in [6, 6.07) is 8.27. The Hall–Kier alpha value is -2.77. The summed E-state index contributed by atoms with van der Waals surface area (Å²) in [5.41, 5.74) is 6.10. The van der Waals surface area contributed by atoms with Gasteiger partial charge < -0.3 is 29.2 Å². The fourth-order valence-electron chi connectivity index (χ4n) is 3.48. The molecule has 30 heavy (non-hydrogen) atoms. The average Bonchev–Trinajstić information content (AvgIpc) is 2.63. The van der Waals surface area contributed by atoms with Crippen molar-refractivity contribution in [3.63, 3.8) is 0 Å². The Kier molecular flexibility index (Phi) is 6.84. The normalized spacial score (nSPS) is 16.5. The Bertz CT molecular complexity index is 872. The van der Waals surface area contributed by atoms with E-state index >= 15 is 0 Å². The van der Waals surface area contributed by atoms with E-state index in [0.717, 1.165) is 52.2 Å². The van der Waals surface area contributed by atoms with Crippen LogP contribution in [0, 0.1) is 27.7 Å². The minimum absolute atomic E-state index is 0.0538. The van der Waals surface area contributed by atoms with Gasteiger partial charge in [0.2, 0.25) is 6.29 Å². The highest BCUT2D eigenvalue weighted by Crippen LogP contribution is 2.35. The lowest BCUT2D eigenvalue weighted by Gasteiger charge is -2.28. The number of rotatable bonds is 8. The standard InChI is InChI=1S/C23H28O7/c1-13-7-17(8-14(2)21(13)28-11-19(24)12-29-23(25)26)18-9-15(3)22(16(4)10-18)30-20-5-6-27-20/h7-10,19-20,24H,5-6,11-12H2,1-4H3,(H,25,26). The van der Waals surface area contributed by atoms with Crippen LogP contribution in [0.2, 0.25) is 0 Å². The number of benzene rings is 2. The first-order chi connectivity index (χ1) is 14.2. The molecule has 2 aromatic rings. The van der Waals surface area contributed by atoms with Gasteiger partial charge in [-0.1, -0.05) is 0 Å². The lowest BCUT2D eigenvalue weighted by Crippen LogP contribution is -2.32. The van der Waals surface area contributed by atoms with Crippen LogP contribution in [-0.2, 0) is 9.47 Å². The van der Waals surface area contributed by atoms with Crippen molar-refractivity contribution in [2.45, 2.75) is 46.5 Å². The van der Waals surface area contributed by atoms with Crippen molar-refractivity contribution in [3.8, 4) is 22.6 Å². The van der Waals surface area contributed by atoms with E-state index in [-0.39, 0.29) is 19.5 Å². The van der Waals surface area contributed by atoms with E-state index in [0.29, 0.717) is 5.75 Å². The van der Waals surface area contributed by atoms with Crippen molar-refractivity contribution in [1.82, 2.24) is 0 Å². The molecule has 1 saturated heterocycles. The molecule has 0 aliphatic carbocycles. The van der Waals surface area contributed by atoms with Gasteiger partial charge in [-0.2, -0.15) is 0 Å². The summed E-state index contributed by atoms with van der Waals surface area (Å²) in [5.74, 6) is 1.54. The Morgan fingerprint density at radius 1 is 1.00 bits per heavy atom. The second-order valence-electron chi connectivity index (χ2n) is 7.63. The van der Waals surface area contributed by atoms with Gasteiger partial charge in [-0.3, -0.25) is 0 Å². The minimum Gasteiger partial charge on any atom is -0.490 e. The van der Waals surface area contributed by atoms with Crippen molar-refractivity contribution in [3.05, 3.63) is 46.5 Å². The molecule has 2 unspecified atom stereocenters. The van der Waals surface area contributed by atoms with E-state index in [9.17, 15) is 9.90 Å². The number of ether oxygens (including phenoxy) is 4. The zero-order valence-corrected chi connectivity index (χ0v) is 17.7. The molecule has 3 rings (SSSR count). The third-order valence-corrected chi connectivity index (χ3v) is 4.98. The zero-order valence-electron chi connectivity index (χ0n) is 17.7. The lowest BCUT2D eigenvalue weighted by molar-refractivity contribution is -0.165. The molecule has 162 valence electrons. The van der Waals surface area contributed by atoms with Gasteiger partial charge in [-0.05, 0) is 85.3 Å². The summed E-state index contributed by atoms with van der Waals surface area (Å²) in [6.45, 7) is 8.31. The van der Waals surface area contributed by atoms with Gasteiger partial charge in [-0.25, -0.2) is 4.79 Å². The zero-order chi connectivity index (χ0) is 21.8. The number of hydrogen-bond donors (Lipinski definition) is 2. The molecule has 2 aromatic carbocycles.